The van der Waals surface area contributed by atoms with Gasteiger partial charge in [-0.15, -0.1) is 0 Å². The van der Waals surface area contributed by atoms with Crippen molar-refractivity contribution in [2.45, 2.75) is 13.8 Å². The van der Waals surface area contributed by atoms with Crippen LogP contribution >= 0.6 is 0 Å². The maximum atomic E-state index is 11.6. The number of anilines is 1. The monoisotopic (exact) mass is 333 g/mol. The lowest BCUT2D eigenvalue weighted by molar-refractivity contribution is -0.120. The Morgan fingerprint density at radius 1 is 1.38 bits per heavy atom. The van der Waals surface area contributed by atoms with Crippen molar-refractivity contribution < 1.29 is 23.6 Å². The number of oxime groups is 1. The summed E-state index contributed by atoms with van der Waals surface area (Å²) in [6.07, 6.45) is 1.48. The van der Waals surface area contributed by atoms with Gasteiger partial charge in [-0.1, -0.05) is 10.3 Å². The molecule has 24 heavy (non-hydrogen) atoms. The Morgan fingerprint density at radius 3 is 2.88 bits per heavy atom. The van der Waals surface area contributed by atoms with E-state index in [0.29, 0.717) is 29.7 Å². The van der Waals surface area contributed by atoms with Crippen LogP contribution in [-0.4, -0.2) is 37.6 Å². The van der Waals surface area contributed by atoms with Crippen molar-refractivity contribution in [1.82, 2.24) is 5.16 Å². The average molecular weight is 333 g/mol. The molecular weight excluding hydrogens is 314 g/mol. The zero-order valence-corrected chi connectivity index (χ0v) is 13.7. The minimum Gasteiger partial charge on any atom is -0.493 e. The van der Waals surface area contributed by atoms with Gasteiger partial charge in [0, 0.05) is 11.6 Å². The Balaban J connectivity index is 1.84. The Hall–Kier alpha value is -3.03. The van der Waals surface area contributed by atoms with E-state index in [0.717, 1.165) is 5.56 Å². The average Bonchev–Trinajstić information content (AvgIpc) is 2.97. The molecule has 0 saturated heterocycles. The van der Waals surface area contributed by atoms with Gasteiger partial charge in [0.05, 0.1) is 19.9 Å². The van der Waals surface area contributed by atoms with E-state index in [1.165, 1.54) is 6.21 Å². The minimum atomic E-state index is -0.385. The van der Waals surface area contributed by atoms with E-state index in [1.54, 1.807) is 38.3 Å². The molecule has 2 aromatic rings. The molecule has 1 aromatic carbocycles. The van der Waals surface area contributed by atoms with Crippen LogP contribution in [0.5, 0.6) is 11.5 Å². The van der Waals surface area contributed by atoms with Crippen molar-refractivity contribution in [3.8, 4) is 11.5 Å². The van der Waals surface area contributed by atoms with Crippen LogP contribution in [0.2, 0.25) is 0 Å². The number of hydrogen-bond acceptors (Lipinski definition) is 7. The van der Waals surface area contributed by atoms with Crippen molar-refractivity contribution in [2.24, 2.45) is 5.16 Å². The van der Waals surface area contributed by atoms with Crippen molar-refractivity contribution >= 4 is 17.9 Å². The molecule has 128 valence electrons. The van der Waals surface area contributed by atoms with Gasteiger partial charge in [-0.3, -0.25) is 4.79 Å². The summed E-state index contributed by atoms with van der Waals surface area (Å²) in [4.78, 5) is 16.6. The summed E-state index contributed by atoms with van der Waals surface area (Å²) in [6.45, 7) is 3.94. The number of nitrogens with one attached hydrogen (secondary N) is 1. The van der Waals surface area contributed by atoms with E-state index in [1.807, 2.05) is 6.92 Å². The van der Waals surface area contributed by atoms with Gasteiger partial charge in [-0.2, -0.15) is 0 Å². The van der Waals surface area contributed by atoms with E-state index in [2.05, 4.69) is 15.6 Å². The third-order valence-corrected chi connectivity index (χ3v) is 2.85. The Bertz CT molecular complexity index is 711. The number of rotatable bonds is 8. The summed E-state index contributed by atoms with van der Waals surface area (Å²) < 4.78 is 15.5. The smallest absolute Gasteiger partial charge is 0.266 e. The largest absolute Gasteiger partial charge is 0.493 e. The highest BCUT2D eigenvalue weighted by molar-refractivity contribution is 5.90. The number of aryl methyl sites for hydroxylation is 1. The lowest BCUT2D eigenvalue weighted by Gasteiger charge is -2.09. The molecule has 0 spiro atoms. The topological polar surface area (TPSA) is 95.2 Å². The van der Waals surface area contributed by atoms with Crippen LogP contribution in [0, 0.1) is 6.92 Å². The van der Waals surface area contributed by atoms with Crippen LogP contribution < -0.4 is 14.8 Å². The number of aromatic nitrogens is 1. The molecule has 2 rings (SSSR count). The van der Waals surface area contributed by atoms with Crippen LogP contribution in [0.4, 0.5) is 5.82 Å². The van der Waals surface area contributed by atoms with Crippen LogP contribution in [-0.2, 0) is 9.63 Å². The Morgan fingerprint density at radius 2 is 2.21 bits per heavy atom. The predicted molar refractivity (Wildman–Crippen MR) is 87.6 cm³/mol. The number of carbonyl (C=O) groups excluding carboxylic acids is 1. The second kappa shape index (κ2) is 8.56. The molecule has 0 aliphatic heterocycles. The first-order valence-corrected chi connectivity index (χ1v) is 7.31. The first-order chi connectivity index (χ1) is 11.6. The van der Waals surface area contributed by atoms with Crippen LogP contribution in [0.1, 0.15) is 18.2 Å². The first kappa shape index (κ1) is 17.3. The highest BCUT2D eigenvalue weighted by Gasteiger charge is 2.07. The summed E-state index contributed by atoms with van der Waals surface area (Å²) in [7, 11) is 1.56. The molecule has 1 aromatic heterocycles. The maximum absolute atomic E-state index is 11.6. The molecule has 0 atom stereocenters. The fourth-order valence-electron chi connectivity index (χ4n) is 1.84. The molecule has 0 saturated carbocycles. The number of amides is 1. The Kier molecular flexibility index (Phi) is 6.18. The van der Waals surface area contributed by atoms with E-state index in [4.69, 9.17) is 18.8 Å². The molecule has 8 nitrogen and oxygen atoms in total. The number of ether oxygens (including phenoxy) is 2. The van der Waals surface area contributed by atoms with Gasteiger partial charge in [0.25, 0.3) is 5.91 Å². The molecule has 0 radical (unpaired) electrons. The second-order valence-electron chi connectivity index (χ2n) is 4.72. The minimum absolute atomic E-state index is 0.240. The summed E-state index contributed by atoms with van der Waals surface area (Å²) in [5, 5.41) is 9.92. The molecule has 0 unspecified atom stereocenters. The van der Waals surface area contributed by atoms with Gasteiger partial charge in [0.2, 0.25) is 0 Å². The van der Waals surface area contributed by atoms with Gasteiger partial charge in [0.15, 0.2) is 23.9 Å². The fraction of sp³-hybridized carbons (Fsp3) is 0.312. The lowest BCUT2D eigenvalue weighted by atomic mass is 10.2. The van der Waals surface area contributed by atoms with Crippen molar-refractivity contribution in [3.63, 3.8) is 0 Å². The van der Waals surface area contributed by atoms with Crippen LogP contribution in [0.25, 0.3) is 0 Å². The highest BCUT2D eigenvalue weighted by Crippen LogP contribution is 2.27. The van der Waals surface area contributed by atoms with E-state index < -0.39 is 0 Å². The third-order valence-electron chi connectivity index (χ3n) is 2.85. The molecule has 1 amide bonds. The van der Waals surface area contributed by atoms with Gasteiger partial charge in [0.1, 0.15) is 5.76 Å². The number of methoxy groups -OCH3 is 1. The molecule has 1 heterocycles. The van der Waals surface area contributed by atoms with E-state index in [-0.39, 0.29) is 12.5 Å². The quantitative estimate of drug-likeness (QED) is 0.589. The van der Waals surface area contributed by atoms with E-state index in [9.17, 15) is 4.79 Å². The highest BCUT2D eigenvalue weighted by atomic mass is 16.6. The summed E-state index contributed by atoms with van der Waals surface area (Å²) in [5.74, 6) is 1.81. The normalized spacial score (nSPS) is 10.6. The van der Waals surface area contributed by atoms with Gasteiger partial charge >= 0.3 is 0 Å². The fourth-order valence-corrected chi connectivity index (χ4v) is 1.84. The lowest BCUT2D eigenvalue weighted by Crippen LogP contribution is -2.17. The van der Waals surface area contributed by atoms with Crippen LogP contribution in [0.15, 0.2) is 33.9 Å². The number of carbonyl (C=O) groups is 1. The summed E-state index contributed by atoms with van der Waals surface area (Å²) in [5.41, 5.74) is 0.753. The first-order valence-electron chi connectivity index (χ1n) is 7.31. The summed E-state index contributed by atoms with van der Waals surface area (Å²) in [6, 6.07) is 6.95. The maximum Gasteiger partial charge on any atom is 0.266 e. The number of benzene rings is 1. The zero-order valence-electron chi connectivity index (χ0n) is 13.7. The van der Waals surface area contributed by atoms with Crippen molar-refractivity contribution in [1.29, 1.82) is 0 Å². The van der Waals surface area contributed by atoms with Crippen molar-refractivity contribution in [3.05, 3.63) is 35.6 Å². The zero-order chi connectivity index (χ0) is 17.4. The predicted octanol–water partition coefficient (Wildman–Crippen LogP) is 2.38. The van der Waals surface area contributed by atoms with Gasteiger partial charge in [-0.05, 0) is 32.0 Å². The molecule has 8 heteroatoms. The molecule has 1 N–H and O–H groups in total. The summed E-state index contributed by atoms with van der Waals surface area (Å²) >= 11 is 0. The molecule has 0 aliphatic carbocycles. The van der Waals surface area contributed by atoms with E-state index >= 15 is 0 Å². The number of hydrogen-bond donors (Lipinski definition) is 1. The molecular formula is C16H19N3O5. The number of nitrogens with zero attached hydrogens (tertiary/aromatic N) is 2. The standard InChI is InChI=1S/C16H19N3O5/c1-4-22-13-6-5-12(8-14(13)21-3)9-17-23-10-16(20)18-15-7-11(2)24-19-15/h5-9H,4,10H2,1-3H3,(H,18,19,20)/b17-9-. The van der Waals surface area contributed by atoms with Crippen LogP contribution in [0.3, 0.4) is 0 Å². The second-order valence-corrected chi connectivity index (χ2v) is 4.72. The Labute approximate surface area is 139 Å². The molecule has 0 fully saturated rings. The third kappa shape index (κ3) is 5.01. The van der Waals surface area contributed by atoms with Crippen molar-refractivity contribution in [2.75, 3.05) is 25.6 Å². The van der Waals surface area contributed by atoms with Gasteiger partial charge < -0.3 is 24.2 Å². The van der Waals surface area contributed by atoms with Gasteiger partial charge in [-0.25, -0.2) is 0 Å². The SMILES string of the molecule is CCOc1ccc(/C=N\OCC(=O)Nc2cc(C)on2)cc1OC. The molecule has 0 aliphatic rings. The molecule has 0 bridgehead atoms.